The van der Waals surface area contributed by atoms with Gasteiger partial charge in [0.15, 0.2) is 5.17 Å². The third kappa shape index (κ3) is 6.89. The molecule has 0 saturated carbocycles. The van der Waals surface area contributed by atoms with E-state index in [0.717, 1.165) is 47.7 Å². The zero-order chi connectivity index (χ0) is 24.8. The largest absolute Gasteiger partial charge is 0.487 e. The Labute approximate surface area is 238 Å². The van der Waals surface area contributed by atoms with Crippen molar-refractivity contribution < 1.29 is 9.53 Å². The number of carbonyl (C=O) groups excluding carboxylic acids is 1. The average molecular weight is 708 g/mol. The highest BCUT2D eigenvalue weighted by atomic mass is 127. The minimum atomic E-state index is 0.0173. The van der Waals surface area contributed by atoms with E-state index in [1.165, 1.54) is 17.3 Å². The molecule has 3 aromatic carbocycles. The molecule has 1 heterocycles. The zero-order valence-corrected chi connectivity index (χ0v) is 24.8. The molecule has 0 spiro atoms. The van der Waals surface area contributed by atoms with Gasteiger partial charge in [-0.15, -0.1) is 0 Å². The third-order valence-electron chi connectivity index (χ3n) is 5.43. The maximum atomic E-state index is 13.3. The van der Waals surface area contributed by atoms with Crippen molar-refractivity contribution >= 4 is 79.8 Å². The molecule has 0 radical (unpaired) electrons. The van der Waals surface area contributed by atoms with Gasteiger partial charge in [-0.1, -0.05) is 61.4 Å². The highest BCUT2D eigenvalue weighted by Crippen LogP contribution is 2.36. The van der Waals surface area contributed by atoms with Gasteiger partial charge in [-0.3, -0.25) is 9.69 Å². The number of carbonyl (C=O) groups is 1. The van der Waals surface area contributed by atoms with Crippen LogP contribution in [-0.2, 0) is 11.4 Å². The second-order valence-corrected chi connectivity index (χ2v) is 11.6. The van der Waals surface area contributed by atoms with Crippen molar-refractivity contribution in [2.75, 3.05) is 6.54 Å². The molecule has 0 unspecified atom stereocenters. The van der Waals surface area contributed by atoms with Gasteiger partial charge in [0.1, 0.15) is 12.4 Å². The van der Waals surface area contributed by atoms with Crippen LogP contribution in [-0.4, -0.2) is 22.5 Å². The number of ether oxygens (including phenoxy) is 1. The van der Waals surface area contributed by atoms with Crippen molar-refractivity contribution in [1.29, 1.82) is 0 Å². The van der Waals surface area contributed by atoms with Crippen LogP contribution in [0, 0.1) is 14.1 Å². The molecule has 4 nitrogen and oxygen atoms in total. The molecule has 0 aromatic heterocycles. The number of amides is 1. The minimum Gasteiger partial charge on any atom is -0.487 e. The number of thioether (sulfide) groups is 1. The molecule has 0 bridgehead atoms. The fourth-order valence-corrected chi connectivity index (χ4v) is 6.67. The first-order valence-electron chi connectivity index (χ1n) is 11.5. The molecule has 7 heteroatoms. The summed E-state index contributed by atoms with van der Waals surface area (Å²) in [7, 11) is 0. The van der Waals surface area contributed by atoms with Crippen molar-refractivity contribution in [3.8, 4) is 5.75 Å². The smallest absolute Gasteiger partial charge is 0.266 e. The van der Waals surface area contributed by atoms with E-state index in [-0.39, 0.29) is 5.91 Å². The SMILES string of the molecule is CCCCN1C(=O)/C(=C\c2cc(I)c(OCc3ccccc3)c(I)c2)SC1=Nc1ccc(C)cc1. The lowest BCUT2D eigenvalue weighted by molar-refractivity contribution is -0.122. The molecule has 1 aliphatic heterocycles. The van der Waals surface area contributed by atoms with Crippen LogP contribution in [0.15, 0.2) is 76.6 Å². The summed E-state index contributed by atoms with van der Waals surface area (Å²) in [6, 6.07) is 22.3. The summed E-state index contributed by atoms with van der Waals surface area (Å²) in [5.74, 6) is 0.887. The zero-order valence-electron chi connectivity index (χ0n) is 19.6. The van der Waals surface area contributed by atoms with Crippen molar-refractivity contribution in [1.82, 2.24) is 4.90 Å². The Hall–Kier alpha value is -1.85. The van der Waals surface area contributed by atoms with Crippen molar-refractivity contribution in [3.63, 3.8) is 0 Å². The second-order valence-electron chi connectivity index (χ2n) is 8.24. The van der Waals surface area contributed by atoms with E-state index >= 15 is 0 Å². The van der Waals surface area contributed by atoms with Crippen molar-refractivity contribution in [2.24, 2.45) is 4.99 Å². The number of hydrogen-bond donors (Lipinski definition) is 0. The molecule has 1 saturated heterocycles. The first-order valence-corrected chi connectivity index (χ1v) is 14.4. The van der Waals surface area contributed by atoms with E-state index < -0.39 is 0 Å². The summed E-state index contributed by atoms with van der Waals surface area (Å²) in [5, 5.41) is 0.741. The van der Waals surface area contributed by atoms with Gasteiger partial charge in [-0.05, 0) is 112 Å². The van der Waals surface area contributed by atoms with E-state index in [9.17, 15) is 4.79 Å². The van der Waals surface area contributed by atoms with Crippen LogP contribution in [0.4, 0.5) is 5.69 Å². The van der Waals surface area contributed by atoms with Crippen LogP contribution in [0.2, 0.25) is 0 Å². The van der Waals surface area contributed by atoms with Gasteiger partial charge < -0.3 is 4.74 Å². The number of unbranched alkanes of at least 4 members (excludes halogenated alkanes) is 1. The maximum absolute atomic E-state index is 13.3. The highest BCUT2D eigenvalue weighted by Gasteiger charge is 2.33. The fourth-order valence-electron chi connectivity index (χ4n) is 3.52. The Morgan fingerprint density at radius 1 is 1.03 bits per heavy atom. The van der Waals surface area contributed by atoms with Gasteiger partial charge in [0.05, 0.1) is 17.7 Å². The lowest BCUT2D eigenvalue weighted by atomic mass is 10.2. The Kier molecular flexibility index (Phi) is 9.29. The maximum Gasteiger partial charge on any atom is 0.266 e. The highest BCUT2D eigenvalue weighted by molar-refractivity contribution is 14.1. The van der Waals surface area contributed by atoms with Gasteiger partial charge in [-0.25, -0.2) is 4.99 Å². The molecular weight excluding hydrogens is 682 g/mol. The number of nitrogens with zero attached hydrogens (tertiary/aromatic N) is 2. The van der Waals surface area contributed by atoms with Gasteiger partial charge in [0.2, 0.25) is 0 Å². The predicted molar refractivity (Wildman–Crippen MR) is 163 cm³/mol. The van der Waals surface area contributed by atoms with Crippen molar-refractivity contribution in [2.45, 2.75) is 33.3 Å². The average Bonchev–Trinajstić information content (AvgIpc) is 3.13. The molecular formula is C28H26I2N2O2S. The van der Waals surface area contributed by atoms with E-state index in [0.29, 0.717) is 18.1 Å². The number of rotatable bonds is 8. The Balaban J connectivity index is 1.57. The van der Waals surface area contributed by atoms with Gasteiger partial charge in [0.25, 0.3) is 5.91 Å². The molecule has 0 atom stereocenters. The molecule has 3 aromatic rings. The minimum absolute atomic E-state index is 0.0173. The number of aryl methyl sites for hydroxylation is 1. The molecule has 0 aliphatic carbocycles. The number of amidine groups is 1. The normalized spacial score (nSPS) is 15.9. The molecule has 1 amide bonds. The summed E-state index contributed by atoms with van der Waals surface area (Å²) >= 11 is 6.06. The fraction of sp³-hybridized carbons (Fsp3) is 0.214. The summed E-state index contributed by atoms with van der Waals surface area (Å²) in [5.41, 5.74) is 4.16. The molecule has 4 rings (SSSR count). The summed E-state index contributed by atoms with van der Waals surface area (Å²) in [6.07, 6.45) is 3.93. The Morgan fingerprint density at radius 3 is 2.37 bits per heavy atom. The topological polar surface area (TPSA) is 41.9 Å². The van der Waals surface area contributed by atoms with Crippen molar-refractivity contribution in [3.05, 3.63) is 95.5 Å². The van der Waals surface area contributed by atoms with E-state index in [4.69, 9.17) is 9.73 Å². The van der Waals surface area contributed by atoms with Crippen LogP contribution in [0.25, 0.3) is 6.08 Å². The van der Waals surface area contributed by atoms with E-state index in [1.54, 1.807) is 0 Å². The number of aliphatic imine (C=N–C) groups is 1. The standard InChI is InChI=1S/C28H26I2N2O2S/c1-3-4-14-32-27(33)25(35-28(32)31-22-12-10-19(2)11-13-22)17-21-15-23(29)26(24(30)16-21)34-18-20-8-6-5-7-9-20/h5-13,15-17H,3-4,14,18H2,1-2H3/b25-17+,31-28?. The lowest BCUT2D eigenvalue weighted by Gasteiger charge is -2.14. The van der Waals surface area contributed by atoms with Crippen LogP contribution in [0.5, 0.6) is 5.75 Å². The lowest BCUT2D eigenvalue weighted by Crippen LogP contribution is -2.30. The molecule has 1 aliphatic rings. The number of hydrogen-bond acceptors (Lipinski definition) is 4. The summed E-state index contributed by atoms with van der Waals surface area (Å²) in [6.45, 7) is 5.38. The van der Waals surface area contributed by atoms with E-state index in [2.05, 4.69) is 83.3 Å². The van der Waals surface area contributed by atoms with Crippen LogP contribution in [0.1, 0.15) is 36.5 Å². The van der Waals surface area contributed by atoms with Crippen LogP contribution < -0.4 is 4.74 Å². The number of halogens is 2. The van der Waals surface area contributed by atoms with E-state index in [1.807, 2.05) is 53.4 Å². The summed E-state index contributed by atoms with van der Waals surface area (Å²) < 4.78 is 8.15. The van der Waals surface area contributed by atoms with Gasteiger partial charge in [0, 0.05) is 6.54 Å². The van der Waals surface area contributed by atoms with Crippen LogP contribution >= 0.6 is 56.9 Å². The molecule has 1 fully saturated rings. The monoisotopic (exact) mass is 708 g/mol. The third-order valence-corrected chi connectivity index (χ3v) is 8.04. The molecule has 35 heavy (non-hydrogen) atoms. The molecule has 180 valence electrons. The molecule has 0 N–H and O–H groups in total. The predicted octanol–water partition coefficient (Wildman–Crippen LogP) is 8.19. The summed E-state index contributed by atoms with van der Waals surface area (Å²) in [4.78, 5) is 20.6. The number of benzene rings is 3. The van der Waals surface area contributed by atoms with Gasteiger partial charge in [-0.2, -0.15) is 0 Å². The van der Waals surface area contributed by atoms with Gasteiger partial charge >= 0.3 is 0 Å². The first-order chi connectivity index (χ1) is 16.9. The van der Waals surface area contributed by atoms with Crippen LogP contribution in [0.3, 0.4) is 0 Å². The first kappa shape index (κ1) is 26.2. The quantitative estimate of drug-likeness (QED) is 0.175. The Bertz CT molecular complexity index is 1230. The second kappa shape index (κ2) is 12.4. The Morgan fingerprint density at radius 2 is 1.71 bits per heavy atom.